The van der Waals surface area contributed by atoms with Crippen molar-refractivity contribution in [1.82, 2.24) is 9.47 Å². The van der Waals surface area contributed by atoms with Crippen molar-refractivity contribution in [1.29, 1.82) is 0 Å². The van der Waals surface area contributed by atoms with Crippen LogP contribution < -0.4 is 15.2 Å². The minimum atomic E-state index is -0.648. The number of hydrogen-bond acceptors (Lipinski definition) is 4. The van der Waals surface area contributed by atoms with Gasteiger partial charge in [0, 0.05) is 25.3 Å². The SMILES string of the molecule is COc1ccc(-n2c(C(N)=O)c(C)c(OCc3ccccc3)c2C(=O)N(C)C)cc1. The molecule has 156 valence electrons. The first-order valence-electron chi connectivity index (χ1n) is 9.43. The predicted molar refractivity (Wildman–Crippen MR) is 114 cm³/mol. The van der Waals surface area contributed by atoms with Crippen LogP contribution in [-0.4, -0.2) is 42.5 Å². The van der Waals surface area contributed by atoms with Gasteiger partial charge in [-0.15, -0.1) is 0 Å². The summed E-state index contributed by atoms with van der Waals surface area (Å²) in [6.07, 6.45) is 0. The molecule has 7 nitrogen and oxygen atoms in total. The molecule has 0 saturated heterocycles. The fourth-order valence-electron chi connectivity index (χ4n) is 3.26. The van der Waals surface area contributed by atoms with Crippen LogP contribution in [0.5, 0.6) is 11.5 Å². The predicted octanol–water partition coefficient (Wildman–Crippen LogP) is 3.17. The third-order valence-electron chi connectivity index (χ3n) is 4.76. The summed E-state index contributed by atoms with van der Waals surface area (Å²) in [4.78, 5) is 26.9. The van der Waals surface area contributed by atoms with Gasteiger partial charge in [0.15, 0.2) is 11.4 Å². The Bertz CT molecular complexity index is 1050. The van der Waals surface area contributed by atoms with Crippen LogP contribution in [0.3, 0.4) is 0 Å². The molecule has 0 aliphatic heterocycles. The first-order valence-corrected chi connectivity index (χ1v) is 9.43. The number of nitrogens with two attached hydrogens (primary N) is 1. The maximum Gasteiger partial charge on any atom is 0.274 e. The second-order valence-electron chi connectivity index (χ2n) is 7.02. The molecule has 0 saturated carbocycles. The molecule has 0 aliphatic rings. The highest BCUT2D eigenvalue weighted by Crippen LogP contribution is 2.34. The van der Waals surface area contributed by atoms with Crippen LogP contribution in [0.1, 0.15) is 32.1 Å². The topological polar surface area (TPSA) is 86.8 Å². The number of benzene rings is 2. The quantitative estimate of drug-likeness (QED) is 0.652. The van der Waals surface area contributed by atoms with Crippen molar-refractivity contribution >= 4 is 11.8 Å². The van der Waals surface area contributed by atoms with Crippen LogP contribution in [0.4, 0.5) is 0 Å². The highest BCUT2D eigenvalue weighted by molar-refractivity contribution is 6.02. The summed E-state index contributed by atoms with van der Waals surface area (Å²) >= 11 is 0. The number of carbonyl (C=O) groups is 2. The Morgan fingerprint density at radius 2 is 1.63 bits per heavy atom. The molecule has 0 atom stereocenters. The minimum absolute atomic E-state index is 0.202. The number of methoxy groups -OCH3 is 1. The second kappa shape index (κ2) is 8.73. The van der Waals surface area contributed by atoms with Gasteiger partial charge in [0.05, 0.1) is 7.11 Å². The van der Waals surface area contributed by atoms with Crippen molar-refractivity contribution < 1.29 is 19.1 Å². The molecule has 2 amide bonds. The molecule has 7 heteroatoms. The summed E-state index contributed by atoms with van der Waals surface area (Å²) in [5.74, 6) is 0.0432. The zero-order chi connectivity index (χ0) is 21.8. The largest absolute Gasteiger partial charge is 0.497 e. The molecule has 2 aromatic carbocycles. The average Bonchev–Trinajstić information content (AvgIpc) is 3.04. The summed E-state index contributed by atoms with van der Waals surface area (Å²) in [5, 5.41) is 0. The average molecular weight is 407 g/mol. The third-order valence-corrected chi connectivity index (χ3v) is 4.76. The molecule has 0 unspecified atom stereocenters. The summed E-state index contributed by atoms with van der Waals surface area (Å²) in [6.45, 7) is 1.98. The Balaban J connectivity index is 2.20. The van der Waals surface area contributed by atoms with Gasteiger partial charge >= 0.3 is 0 Å². The van der Waals surface area contributed by atoms with Gasteiger partial charge in [0.1, 0.15) is 18.1 Å². The number of aromatic nitrogens is 1. The molecular formula is C23H25N3O4. The van der Waals surface area contributed by atoms with E-state index in [0.717, 1.165) is 5.56 Å². The van der Waals surface area contributed by atoms with Crippen LogP contribution in [0.2, 0.25) is 0 Å². The van der Waals surface area contributed by atoms with Crippen molar-refractivity contribution in [2.45, 2.75) is 13.5 Å². The molecule has 0 aliphatic carbocycles. The number of primary amides is 1. The lowest BCUT2D eigenvalue weighted by molar-refractivity contribution is 0.0814. The molecule has 3 rings (SSSR count). The van der Waals surface area contributed by atoms with E-state index in [0.29, 0.717) is 22.7 Å². The van der Waals surface area contributed by atoms with Crippen molar-refractivity contribution in [2.24, 2.45) is 5.73 Å². The lowest BCUT2D eigenvalue weighted by Crippen LogP contribution is -2.26. The second-order valence-corrected chi connectivity index (χ2v) is 7.02. The normalized spacial score (nSPS) is 10.5. The van der Waals surface area contributed by atoms with E-state index in [4.69, 9.17) is 15.2 Å². The van der Waals surface area contributed by atoms with Crippen LogP contribution in [-0.2, 0) is 6.61 Å². The first kappa shape index (κ1) is 21.0. The molecule has 0 spiro atoms. The van der Waals surface area contributed by atoms with Gasteiger partial charge in [-0.05, 0) is 36.8 Å². The Labute approximate surface area is 175 Å². The summed E-state index contributed by atoms with van der Waals surface area (Å²) in [5.41, 5.74) is 8.21. The van der Waals surface area contributed by atoms with E-state index in [1.165, 1.54) is 4.90 Å². The summed E-state index contributed by atoms with van der Waals surface area (Å²) in [6, 6.07) is 16.6. The molecular weight excluding hydrogens is 382 g/mol. The number of hydrogen-bond donors (Lipinski definition) is 1. The van der Waals surface area contributed by atoms with Crippen LogP contribution in [0.25, 0.3) is 5.69 Å². The molecule has 1 aromatic heterocycles. The highest BCUT2D eigenvalue weighted by Gasteiger charge is 2.30. The van der Waals surface area contributed by atoms with Crippen molar-refractivity contribution in [2.75, 3.05) is 21.2 Å². The first-order chi connectivity index (χ1) is 14.3. The molecule has 2 N–H and O–H groups in total. The smallest absolute Gasteiger partial charge is 0.274 e. The molecule has 1 heterocycles. The van der Waals surface area contributed by atoms with Crippen LogP contribution in [0.15, 0.2) is 54.6 Å². The number of ether oxygens (including phenoxy) is 2. The Morgan fingerprint density at radius 3 is 2.17 bits per heavy atom. The van der Waals surface area contributed by atoms with Crippen molar-refractivity contribution in [3.8, 4) is 17.2 Å². The fraction of sp³-hybridized carbons (Fsp3) is 0.217. The van der Waals surface area contributed by atoms with E-state index < -0.39 is 5.91 Å². The van der Waals surface area contributed by atoms with Crippen LogP contribution >= 0.6 is 0 Å². The lowest BCUT2D eigenvalue weighted by Gasteiger charge is -2.17. The monoisotopic (exact) mass is 407 g/mol. The summed E-state index contributed by atoms with van der Waals surface area (Å²) < 4.78 is 12.8. The maximum atomic E-state index is 13.1. The number of carbonyl (C=O) groups excluding carboxylic acids is 2. The molecule has 0 radical (unpaired) electrons. The van der Waals surface area contributed by atoms with E-state index in [2.05, 4.69) is 0 Å². The number of nitrogens with zero attached hydrogens (tertiary/aromatic N) is 2. The van der Waals surface area contributed by atoms with E-state index >= 15 is 0 Å². The van der Waals surface area contributed by atoms with Gasteiger partial charge in [-0.2, -0.15) is 0 Å². The van der Waals surface area contributed by atoms with E-state index in [1.807, 2.05) is 30.3 Å². The molecule has 0 fully saturated rings. The van der Waals surface area contributed by atoms with E-state index in [9.17, 15) is 9.59 Å². The Kier molecular flexibility index (Phi) is 6.11. The highest BCUT2D eigenvalue weighted by atomic mass is 16.5. The minimum Gasteiger partial charge on any atom is -0.497 e. The van der Waals surface area contributed by atoms with Gasteiger partial charge in [-0.1, -0.05) is 30.3 Å². The van der Waals surface area contributed by atoms with E-state index in [-0.39, 0.29) is 23.9 Å². The fourth-order valence-corrected chi connectivity index (χ4v) is 3.26. The molecule has 30 heavy (non-hydrogen) atoms. The van der Waals surface area contributed by atoms with Gasteiger partial charge in [-0.3, -0.25) is 14.2 Å². The summed E-state index contributed by atoms with van der Waals surface area (Å²) in [7, 11) is 4.86. The molecule has 3 aromatic rings. The maximum absolute atomic E-state index is 13.1. The van der Waals surface area contributed by atoms with Gasteiger partial charge in [0.25, 0.3) is 11.8 Å². The standard InChI is InChI=1S/C23H25N3O4/c1-15-19(22(24)27)26(17-10-12-18(29-4)13-11-17)20(23(28)25(2)3)21(15)30-14-16-8-6-5-7-9-16/h5-13H,14H2,1-4H3,(H2,24,27). The van der Waals surface area contributed by atoms with Gasteiger partial charge in [0.2, 0.25) is 0 Å². The zero-order valence-electron chi connectivity index (χ0n) is 17.5. The van der Waals surface area contributed by atoms with Crippen LogP contribution in [0, 0.1) is 6.92 Å². The zero-order valence-corrected chi connectivity index (χ0v) is 17.5. The van der Waals surface area contributed by atoms with Gasteiger partial charge in [-0.25, -0.2) is 0 Å². The number of amides is 2. The molecule has 0 bridgehead atoms. The number of rotatable bonds is 7. The van der Waals surface area contributed by atoms with Crippen molar-refractivity contribution in [3.05, 3.63) is 77.1 Å². The van der Waals surface area contributed by atoms with Gasteiger partial charge < -0.3 is 20.1 Å². The third kappa shape index (κ3) is 4.00. The Morgan fingerprint density at radius 1 is 1.00 bits per heavy atom. The van der Waals surface area contributed by atoms with E-state index in [1.54, 1.807) is 57.0 Å². The lowest BCUT2D eigenvalue weighted by atomic mass is 10.2. The Hall–Kier alpha value is -3.74. The van der Waals surface area contributed by atoms with Crippen molar-refractivity contribution in [3.63, 3.8) is 0 Å².